The number of fused-ring (bicyclic) bond motifs is 8. The Hall–Kier alpha value is -4.16. The molecule has 4 N–H and O–H groups in total. The van der Waals surface area contributed by atoms with Gasteiger partial charge in [0, 0.05) is 72.0 Å². The summed E-state index contributed by atoms with van der Waals surface area (Å²) in [4.78, 5) is -1.44. The van der Waals surface area contributed by atoms with Gasteiger partial charge in [-0.05, 0) is 96.5 Å². The van der Waals surface area contributed by atoms with Gasteiger partial charge in [-0.2, -0.15) is 0 Å². The number of nitrogens with one attached hydrogen (secondary N) is 4. The third-order valence-corrected chi connectivity index (χ3v) is 17.1. The van der Waals surface area contributed by atoms with Crippen molar-refractivity contribution in [2.24, 2.45) is 0 Å². The summed E-state index contributed by atoms with van der Waals surface area (Å²) >= 11 is 0. The molecule has 0 amide bonds. The van der Waals surface area contributed by atoms with E-state index >= 15 is 0 Å². The first-order chi connectivity index (χ1) is 30.2. The van der Waals surface area contributed by atoms with E-state index in [-0.39, 0.29) is 91.6 Å². The number of hydrogen-bond donors (Lipinski definition) is 4. The van der Waals surface area contributed by atoms with Gasteiger partial charge in [-0.1, -0.05) is 72.8 Å². The first-order valence-corrected chi connectivity index (χ1v) is 26.5. The maximum atomic E-state index is 12.0. The maximum absolute atomic E-state index is 12.0. The Kier molecular flexibility index (Phi) is 11.9. The lowest BCUT2D eigenvalue weighted by atomic mass is 9.83. The van der Waals surface area contributed by atoms with E-state index < -0.39 is 40.5 Å². The molecule has 16 nitrogen and oxygen atoms in total. The molecule has 0 spiro atoms. The van der Waals surface area contributed by atoms with Crippen LogP contribution in [-0.2, 0) is 40.5 Å². The van der Waals surface area contributed by atoms with Crippen LogP contribution in [0.15, 0.2) is 141 Å². The molecule has 3 fully saturated rings. The number of benzene rings is 4. The summed E-state index contributed by atoms with van der Waals surface area (Å²) in [5.41, 5.74) is 3.09. The SMILES string of the molecule is O=S(=O)([O-])c1ccc(C2C3C=CC(N3)C(c3ccc(S(=O)(=O)[O-])cc3)C3CCC(N3)C(c3ccc(S(=O)(=O)[O-])cc3)C3C=CC(N3)C(c3ccc(S(=O)(=O)[O-])cc3)C3CCC2N3)cc1. The van der Waals surface area contributed by atoms with E-state index in [1.54, 1.807) is 48.5 Å². The van der Waals surface area contributed by atoms with Crippen LogP contribution >= 0.6 is 0 Å². The standard InChI is InChI=1S/C44H48N4O12S4/c49-61(50,51)29-9-1-25(2-10-29)41-33-17-19-35(45-33)42(26-3-11-30(12-4-26)62(52,53)54)37-21-23-39(47-37)44(28-7-15-32(16-8-28)64(58,59)60)40-24-22-38(48-40)43(36-20-18-34(41)46-36)27-5-13-31(14-6-27)63(55,56)57/h1-17,19,22,24,33-48H,18,20-21,23H2,(H,49,50,51)(H,52,53,54)(H,55,56,57)(H,58,59,60)/p-4. The van der Waals surface area contributed by atoms with Gasteiger partial charge in [-0.25, -0.2) is 33.7 Å². The predicted octanol–water partition coefficient (Wildman–Crippen LogP) is 2.79. The highest BCUT2D eigenvalue weighted by Crippen LogP contribution is 2.44. The highest BCUT2D eigenvalue weighted by atomic mass is 32.2. The molecule has 0 aromatic heterocycles. The van der Waals surface area contributed by atoms with Gasteiger partial charge in [0.1, 0.15) is 40.5 Å². The molecular formula is C44H44N4O12S4-4. The predicted molar refractivity (Wildman–Crippen MR) is 228 cm³/mol. The quantitative estimate of drug-likeness (QED) is 0.146. The molecule has 5 aliphatic rings. The molecule has 4 aromatic rings. The first kappa shape index (κ1) is 45.0. The van der Waals surface area contributed by atoms with Crippen molar-refractivity contribution in [2.75, 3.05) is 0 Å². The van der Waals surface area contributed by atoms with E-state index in [1.165, 1.54) is 48.5 Å². The molecule has 4 aromatic carbocycles. The minimum atomic E-state index is -4.73. The molecule has 12 unspecified atom stereocenters. The van der Waals surface area contributed by atoms with Crippen LogP contribution in [0.2, 0.25) is 0 Å². The molecule has 12 atom stereocenters. The van der Waals surface area contributed by atoms with Crippen molar-refractivity contribution in [3.8, 4) is 0 Å². The second-order valence-corrected chi connectivity index (χ2v) is 22.8. The highest BCUT2D eigenvalue weighted by Gasteiger charge is 2.47. The zero-order valence-electron chi connectivity index (χ0n) is 33.8. The summed E-state index contributed by atoms with van der Waals surface area (Å²) in [6.07, 6.45) is 10.9. The Bertz CT molecular complexity index is 2520. The Morgan fingerprint density at radius 2 is 0.500 bits per heavy atom. The Balaban J connectivity index is 1.16. The highest BCUT2D eigenvalue weighted by molar-refractivity contribution is 7.86. The second kappa shape index (κ2) is 16.9. The van der Waals surface area contributed by atoms with Crippen molar-refractivity contribution < 1.29 is 51.9 Å². The average molecular weight is 949 g/mol. The molecule has 0 radical (unpaired) electrons. The van der Waals surface area contributed by atoms with Crippen LogP contribution < -0.4 is 21.3 Å². The van der Waals surface area contributed by atoms with Gasteiger partial charge in [-0.3, -0.25) is 0 Å². The monoisotopic (exact) mass is 948 g/mol. The lowest BCUT2D eigenvalue weighted by Crippen LogP contribution is -2.52. The third-order valence-electron chi connectivity index (χ3n) is 13.8. The van der Waals surface area contributed by atoms with Crippen LogP contribution in [0.3, 0.4) is 0 Å². The minimum absolute atomic E-state index is 0.212. The van der Waals surface area contributed by atoms with E-state index in [0.717, 1.165) is 22.3 Å². The van der Waals surface area contributed by atoms with Crippen LogP contribution in [0.25, 0.3) is 0 Å². The lowest BCUT2D eigenvalue weighted by Gasteiger charge is -2.38. The molecule has 9 rings (SSSR count). The maximum Gasteiger partial charge on any atom is 0.124 e. The van der Waals surface area contributed by atoms with Gasteiger partial charge in [0.15, 0.2) is 0 Å². The molecular weight excluding hydrogens is 905 g/mol. The fourth-order valence-corrected chi connectivity index (χ4v) is 12.8. The Morgan fingerprint density at radius 3 is 0.672 bits per heavy atom. The minimum Gasteiger partial charge on any atom is -0.744 e. The molecule has 64 heavy (non-hydrogen) atoms. The smallest absolute Gasteiger partial charge is 0.124 e. The molecule has 0 saturated carbocycles. The van der Waals surface area contributed by atoms with Crippen LogP contribution in [0.5, 0.6) is 0 Å². The van der Waals surface area contributed by atoms with E-state index in [4.69, 9.17) is 0 Å². The van der Waals surface area contributed by atoms with Crippen molar-refractivity contribution in [3.05, 3.63) is 144 Å². The van der Waals surface area contributed by atoms with E-state index in [2.05, 4.69) is 45.6 Å². The van der Waals surface area contributed by atoms with Crippen molar-refractivity contribution in [1.82, 2.24) is 21.3 Å². The van der Waals surface area contributed by atoms with Gasteiger partial charge < -0.3 is 39.5 Å². The summed E-state index contributed by atoms with van der Waals surface area (Å²) in [5, 5.41) is 15.4. The molecule has 20 heteroatoms. The fraction of sp³-hybridized carbons (Fsp3) is 0.364. The zero-order chi connectivity index (χ0) is 45.3. The van der Waals surface area contributed by atoms with Crippen LogP contribution in [0, 0.1) is 0 Å². The van der Waals surface area contributed by atoms with Gasteiger partial charge in [0.2, 0.25) is 0 Å². The second-order valence-electron chi connectivity index (χ2n) is 17.3. The van der Waals surface area contributed by atoms with Gasteiger partial charge in [0.25, 0.3) is 0 Å². The van der Waals surface area contributed by atoms with Crippen molar-refractivity contribution in [2.45, 2.75) is 117 Å². The van der Waals surface area contributed by atoms with Crippen LogP contribution in [0.4, 0.5) is 0 Å². The van der Waals surface area contributed by atoms with Crippen molar-refractivity contribution >= 4 is 40.5 Å². The summed E-state index contributed by atoms with van der Waals surface area (Å²) in [7, 11) is -18.9. The number of hydrogen-bond acceptors (Lipinski definition) is 16. The van der Waals surface area contributed by atoms with E-state index in [1.807, 2.05) is 0 Å². The molecule has 0 aliphatic carbocycles. The first-order valence-electron chi connectivity index (χ1n) is 20.9. The fourth-order valence-electron chi connectivity index (χ4n) is 11.0. The van der Waals surface area contributed by atoms with Crippen LogP contribution in [-0.4, -0.2) is 100 Å². The normalized spacial score (nSPS) is 31.9. The molecule has 3 saturated heterocycles. The van der Waals surface area contributed by atoms with Gasteiger partial charge >= 0.3 is 0 Å². The third kappa shape index (κ3) is 9.03. The van der Waals surface area contributed by atoms with Crippen LogP contribution in [0.1, 0.15) is 71.6 Å². The van der Waals surface area contributed by atoms with Crippen molar-refractivity contribution in [3.63, 3.8) is 0 Å². The molecule has 5 aliphatic heterocycles. The summed E-state index contributed by atoms with van der Waals surface area (Å²) in [5.74, 6) is -1.23. The van der Waals surface area contributed by atoms with E-state index in [0.29, 0.717) is 25.7 Å². The number of rotatable bonds is 8. The Labute approximate surface area is 372 Å². The molecule has 340 valence electrons. The van der Waals surface area contributed by atoms with E-state index in [9.17, 15) is 51.9 Å². The van der Waals surface area contributed by atoms with Gasteiger partial charge in [-0.15, -0.1) is 0 Å². The zero-order valence-corrected chi connectivity index (χ0v) is 37.1. The lowest BCUT2D eigenvalue weighted by molar-refractivity contribution is 0.317. The molecule has 8 bridgehead atoms. The van der Waals surface area contributed by atoms with Gasteiger partial charge in [0.05, 0.1) is 19.6 Å². The largest absolute Gasteiger partial charge is 0.744 e. The topological polar surface area (TPSA) is 277 Å². The summed E-state index contributed by atoms with van der Waals surface area (Å²) in [6.45, 7) is 0. The average Bonchev–Trinajstić information content (AvgIpc) is 4.08. The Morgan fingerprint density at radius 1 is 0.312 bits per heavy atom. The van der Waals surface area contributed by atoms with Crippen molar-refractivity contribution in [1.29, 1.82) is 0 Å². The summed E-state index contributed by atoms with van der Waals surface area (Å²) in [6, 6.07) is 21.5. The molecule has 5 heterocycles. The summed E-state index contributed by atoms with van der Waals surface area (Å²) < 4.78 is 144.